The average Bonchev–Trinajstić information content (AvgIpc) is 2.77. The molecule has 0 amide bonds. The Kier molecular flexibility index (Phi) is 3.04. The number of imidazole rings is 1. The molecule has 1 aliphatic rings. The molecule has 0 aliphatic heterocycles. The summed E-state index contributed by atoms with van der Waals surface area (Å²) < 4.78 is 2.10. The fourth-order valence-electron chi connectivity index (χ4n) is 3.05. The van der Waals surface area contributed by atoms with Gasteiger partial charge in [0.25, 0.3) is 0 Å². The van der Waals surface area contributed by atoms with Crippen LogP contribution in [0.1, 0.15) is 44.0 Å². The fraction of sp³-hybridized carbons (Fsp3) is 0.571. The molecule has 96 valence electrons. The van der Waals surface area contributed by atoms with Crippen LogP contribution in [0.4, 0.5) is 0 Å². The summed E-state index contributed by atoms with van der Waals surface area (Å²) in [6.07, 6.45) is 8.22. The molecule has 3 rings (SSSR count). The highest BCUT2D eigenvalue weighted by Crippen LogP contribution is 2.33. The molecule has 0 saturated heterocycles. The van der Waals surface area contributed by atoms with E-state index in [-0.39, 0.29) is 6.04 Å². The van der Waals surface area contributed by atoms with Crippen molar-refractivity contribution in [3.05, 3.63) is 24.2 Å². The summed E-state index contributed by atoms with van der Waals surface area (Å²) in [5, 5.41) is 0. The predicted octanol–water partition coefficient (Wildman–Crippen LogP) is 2.55. The summed E-state index contributed by atoms with van der Waals surface area (Å²) >= 11 is 0. The zero-order valence-corrected chi connectivity index (χ0v) is 10.8. The van der Waals surface area contributed by atoms with Crippen molar-refractivity contribution < 1.29 is 0 Å². The first kappa shape index (κ1) is 11.7. The molecule has 1 fully saturated rings. The van der Waals surface area contributed by atoms with Crippen molar-refractivity contribution in [2.24, 2.45) is 18.7 Å². The lowest BCUT2D eigenvalue weighted by Crippen LogP contribution is -2.26. The van der Waals surface area contributed by atoms with Gasteiger partial charge in [0.15, 0.2) is 5.65 Å². The molecule has 1 aliphatic carbocycles. The van der Waals surface area contributed by atoms with Crippen molar-refractivity contribution in [3.8, 4) is 0 Å². The Bertz CT molecular complexity index is 540. The highest BCUT2D eigenvalue weighted by atomic mass is 15.1. The van der Waals surface area contributed by atoms with E-state index in [9.17, 15) is 0 Å². The first-order chi connectivity index (χ1) is 8.77. The van der Waals surface area contributed by atoms with E-state index < -0.39 is 0 Å². The molecule has 4 nitrogen and oxygen atoms in total. The van der Waals surface area contributed by atoms with Crippen molar-refractivity contribution in [1.29, 1.82) is 0 Å². The second-order valence-electron chi connectivity index (χ2n) is 5.30. The summed E-state index contributed by atoms with van der Waals surface area (Å²) in [7, 11) is 2.04. The number of nitrogens with zero attached hydrogens (tertiary/aromatic N) is 3. The molecule has 2 heterocycles. The monoisotopic (exact) mass is 244 g/mol. The van der Waals surface area contributed by atoms with E-state index in [0.29, 0.717) is 5.92 Å². The third-order valence-electron chi connectivity index (χ3n) is 4.15. The SMILES string of the molecule is Cn1c(C(N)C2CCCCC2)nc2ncccc21. The fourth-order valence-corrected chi connectivity index (χ4v) is 3.05. The van der Waals surface area contributed by atoms with Crippen LogP contribution in [0.25, 0.3) is 11.2 Å². The van der Waals surface area contributed by atoms with E-state index in [1.807, 2.05) is 19.2 Å². The first-order valence-electron chi connectivity index (χ1n) is 6.80. The lowest BCUT2D eigenvalue weighted by molar-refractivity contribution is 0.298. The van der Waals surface area contributed by atoms with E-state index >= 15 is 0 Å². The summed E-state index contributed by atoms with van der Waals surface area (Å²) in [4.78, 5) is 8.92. The molecule has 18 heavy (non-hydrogen) atoms. The van der Waals surface area contributed by atoms with Crippen LogP contribution in [0.3, 0.4) is 0 Å². The lowest BCUT2D eigenvalue weighted by atomic mass is 9.84. The third-order valence-corrected chi connectivity index (χ3v) is 4.15. The van der Waals surface area contributed by atoms with Crippen molar-refractivity contribution in [2.75, 3.05) is 0 Å². The van der Waals surface area contributed by atoms with Crippen LogP contribution in [0, 0.1) is 5.92 Å². The van der Waals surface area contributed by atoms with Crippen LogP contribution in [-0.2, 0) is 7.05 Å². The maximum Gasteiger partial charge on any atom is 0.177 e. The minimum absolute atomic E-state index is 0.0458. The Morgan fingerprint density at radius 1 is 1.33 bits per heavy atom. The molecular formula is C14H20N4. The highest BCUT2D eigenvalue weighted by molar-refractivity contribution is 5.71. The Morgan fingerprint density at radius 2 is 2.11 bits per heavy atom. The maximum absolute atomic E-state index is 6.42. The topological polar surface area (TPSA) is 56.7 Å². The molecule has 0 bridgehead atoms. The molecule has 0 spiro atoms. The number of aryl methyl sites for hydroxylation is 1. The second kappa shape index (κ2) is 4.69. The number of aromatic nitrogens is 3. The molecule has 1 saturated carbocycles. The van der Waals surface area contributed by atoms with Crippen LogP contribution < -0.4 is 5.73 Å². The smallest absolute Gasteiger partial charge is 0.177 e. The van der Waals surface area contributed by atoms with Crippen molar-refractivity contribution in [1.82, 2.24) is 14.5 Å². The van der Waals surface area contributed by atoms with Crippen LogP contribution >= 0.6 is 0 Å². The van der Waals surface area contributed by atoms with Gasteiger partial charge in [-0.05, 0) is 30.9 Å². The average molecular weight is 244 g/mol. The van der Waals surface area contributed by atoms with Gasteiger partial charge in [0, 0.05) is 13.2 Å². The first-order valence-corrected chi connectivity index (χ1v) is 6.80. The Hall–Kier alpha value is -1.42. The van der Waals surface area contributed by atoms with Crippen LogP contribution in [-0.4, -0.2) is 14.5 Å². The van der Waals surface area contributed by atoms with E-state index in [4.69, 9.17) is 5.73 Å². The van der Waals surface area contributed by atoms with Crippen molar-refractivity contribution in [3.63, 3.8) is 0 Å². The lowest BCUT2D eigenvalue weighted by Gasteiger charge is -2.26. The standard InChI is InChI=1S/C14H20N4/c1-18-11-8-5-9-16-13(11)17-14(18)12(15)10-6-3-2-4-7-10/h5,8-10,12H,2-4,6-7,15H2,1H3. The van der Waals surface area contributed by atoms with Crippen LogP contribution in [0.15, 0.2) is 18.3 Å². The molecule has 1 unspecified atom stereocenters. The molecule has 2 aromatic heterocycles. The van der Waals surface area contributed by atoms with Gasteiger partial charge in [-0.15, -0.1) is 0 Å². The van der Waals surface area contributed by atoms with Gasteiger partial charge in [-0.1, -0.05) is 19.3 Å². The van der Waals surface area contributed by atoms with Gasteiger partial charge in [0.2, 0.25) is 0 Å². The number of hydrogen-bond acceptors (Lipinski definition) is 3. The summed E-state index contributed by atoms with van der Waals surface area (Å²) in [6, 6.07) is 4.04. The quantitative estimate of drug-likeness (QED) is 0.883. The van der Waals surface area contributed by atoms with E-state index in [1.54, 1.807) is 6.20 Å². The van der Waals surface area contributed by atoms with Gasteiger partial charge in [0.05, 0.1) is 11.6 Å². The molecular weight excluding hydrogens is 224 g/mol. The van der Waals surface area contributed by atoms with Crippen molar-refractivity contribution in [2.45, 2.75) is 38.1 Å². The Labute approximate surface area is 107 Å². The van der Waals surface area contributed by atoms with Gasteiger partial charge in [-0.3, -0.25) is 0 Å². The molecule has 0 radical (unpaired) electrons. The van der Waals surface area contributed by atoms with Gasteiger partial charge >= 0.3 is 0 Å². The Morgan fingerprint density at radius 3 is 2.83 bits per heavy atom. The minimum atomic E-state index is 0.0458. The van der Waals surface area contributed by atoms with E-state index in [1.165, 1.54) is 32.1 Å². The number of hydrogen-bond donors (Lipinski definition) is 1. The van der Waals surface area contributed by atoms with Crippen molar-refractivity contribution >= 4 is 11.2 Å². The van der Waals surface area contributed by atoms with E-state index in [0.717, 1.165) is 17.0 Å². The number of rotatable bonds is 2. The zero-order valence-electron chi connectivity index (χ0n) is 10.8. The predicted molar refractivity (Wildman–Crippen MR) is 72.0 cm³/mol. The normalized spacial score (nSPS) is 19.2. The third kappa shape index (κ3) is 1.90. The highest BCUT2D eigenvalue weighted by Gasteiger charge is 2.25. The number of fused-ring (bicyclic) bond motifs is 1. The molecule has 0 aromatic carbocycles. The van der Waals surface area contributed by atoms with Crippen LogP contribution in [0.5, 0.6) is 0 Å². The molecule has 2 N–H and O–H groups in total. The maximum atomic E-state index is 6.42. The number of nitrogens with two attached hydrogens (primary N) is 1. The van der Waals surface area contributed by atoms with E-state index in [2.05, 4.69) is 14.5 Å². The molecule has 2 aromatic rings. The Balaban J connectivity index is 1.95. The van der Waals surface area contributed by atoms with Gasteiger partial charge in [-0.25, -0.2) is 9.97 Å². The zero-order chi connectivity index (χ0) is 12.5. The summed E-state index contributed by atoms with van der Waals surface area (Å²) in [6.45, 7) is 0. The minimum Gasteiger partial charge on any atom is -0.328 e. The molecule has 4 heteroatoms. The van der Waals surface area contributed by atoms with Gasteiger partial charge in [0.1, 0.15) is 5.82 Å². The second-order valence-corrected chi connectivity index (χ2v) is 5.30. The van der Waals surface area contributed by atoms with Crippen LogP contribution in [0.2, 0.25) is 0 Å². The van der Waals surface area contributed by atoms with Gasteiger partial charge in [-0.2, -0.15) is 0 Å². The van der Waals surface area contributed by atoms with Gasteiger partial charge < -0.3 is 10.3 Å². The summed E-state index contributed by atoms with van der Waals surface area (Å²) in [5.74, 6) is 1.56. The number of pyridine rings is 1. The summed E-state index contributed by atoms with van der Waals surface area (Å²) in [5.41, 5.74) is 8.30. The molecule has 1 atom stereocenters. The largest absolute Gasteiger partial charge is 0.328 e.